The Morgan fingerprint density at radius 2 is 1.73 bits per heavy atom. The van der Waals surface area contributed by atoms with E-state index < -0.39 is 5.97 Å². The molecule has 0 aliphatic carbocycles. The molecular weight excluding hydrogens is 378 g/mol. The standard InChI is InChI=1S/C24H19N3O3/c1-2-30-24(29)22-14-21-20(26(22)16-18-9-7-6-8-17(18)15-25)12-13-23(28)27(21)19-10-4-3-5-11-19/h3-14H,2,16H2,1H3. The quantitative estimate of drug-likeness (QED) is 0.479. The van der Waals surface area contributed by atoms with Crippen LogP contribution in [0.4, 0.5) is 0 Å². The zero-order valence-corrected chi connectivity index (χ0v) is 16.4. The lowest BCUT2D eigenvalue weighted by Gasteiger charge is -2.12. The van der Waals surface area contributed by atoms with Gasteiger partial charge in [-0.25, -0.2) is 4.79 Å². The lowest BCUT2D eigenvalue weighted by molar-refractivity contribution is 0.0515. The van der Waals surface area contributed by atoms with Crippen LogP contribution in [0, 0.1) is 11.3 Å². The number of esters is 1. The van der Waals surface area contributed by atoms with Crippen molar-refractivity contribution in [1.29, 1.82) is 5.26 Å². The van der Waals surface area contributed by atoms with E-state index in [2.05, 4.69) is 6.07 Å². The van der Waals surface area contributed by atoms with Crippen molar-refractivity contribution < 1.29 is 9.53 Å². The fourth-order valence-electron chi connectivity index (χ4n) is 3.57. The summed E-state index contributed by atoms with van der Waals surface area (Å²) in [6, 6.07) is 23.6. The number of nitriles is 1. The van der Waals surface area contributed by atoms with Gasteiger partial charge in [-0.2, -0.15) is 5.26 Å². The molecule has 0 radical (unpaired) electrons. The first-order valence-corrected chi connectivity index (χ1v) is 9.60. The fraction of sp³-hybridized carbons (Fsp3) is 0.125. The molecule has 0 saturated carbocycles. The summed E-state index contributed by atoms with van der Waals surface area (Å²) in [6.07, 6.45) is 0. The second-order valence-corrected chi connectivity index (χ2v) is 6.72. The van der Waals surface area contributed by atoms with Crippen LogP contribution >= 0.6 is 0 Å². The molecule has 2 aromatic heterocycles. The summed E-state index contributed by atoms with van der Waals surface area (Å²) in [6.45, 7) is 2.28. The second-order valence-electron chi connectivity index (χ2n) is 6.72. The molecule has 0 unspecified atom stereocenters. The Hall–Kier alpha value is -4.11. The first kappa shape index (κ1) is 19.2. The van der Waals surface area contributed by atoms with Gasteiger partial charge in [-0.05, 0) is 42.8 Å². The minimum atomic E-state index is -0.477. The van der Waals surface area contributed by atoms with E-state index in [9.17, 15) is 14.9 Å². The fourth-order valence-corrected chi connectivity index (χ4v) is 3.57. The number of hydrogen-bond donors (Lipinski definition) is 0. The topological polar surface area (TPSA) is 77.0 Å². The van der Waals surface area contributed by atoms with Gasteiger partial charge in [0, 0.05) is 18.3 Å². The Labute approximate surface area is 173 Å². The van der Waals surface area contributed by atoms with Crippen LogP contribution in [0.25, 0.3) is 16.7 Å². The molecular formula is C24H19N3O3. The SMILES string of the molecule is CCOC(=O)c1cc2c(ccc(=O)n2-c2ccccc2)n1Cc1ccccc1C#N. The molecule has 4 rings (SSSR count). The Morgan fingerprint density at radius 1 is 1.00 bits per heavy atom. The van der Waals surface area contributed by atoms with E-state index in [1.54, 1.807) is 40.3 Å². The van der Waals surface area contributed by atoms with Crippen LogP contribution in [0.5, 0.6) is 0 Å². The monoisotopic (exact) mass is 397 g/mol. The molecule has 148 valence electrons. The number of hydrogen-bond acceptors (Lipinski definition) is 4. The number of benzene rings is 2. The van der Waals surface area contributed by atoms with Crippen LogP contribution in [0.15, 0.2) is 77.6 Å². The zero-order valence-electron chi connectivity index (χ0n) is 16.4. The highest BCUT2D eigenvalue weighted by molar-refractivity contribution is 5.95. The molecule has 0 aliphatic heterocycles. The maximum absolute atomic E-state index is 12.7. The number of rotatable bonds is 5. The number of nitrogens with zero attached hydrogens (tertiary/aromatic N) is 3. The normalized spacial score (nSPS) is 10.7. The van der Waals surface area contributed by atoms with Crippen molar-refractivity contribution in [2.75, 3.05) is 6.61 Å². The molecule has 0 fully saturated rings. The molecule has 30 heavy (non-hydrogen) atoms. The highest BCUT2D eigenvalue weighted by atomic mass is 16.5. The molecule has 0 atom stereocenters. The van der Waals surface area contributed by atoms with Crippen molar-refractivity contribution in [2.45, 2.75) is 13.5 Å². The molecule has 4 aromatic rings. The number of fused-ring (bicyclic) bond motifs is 1. The predicted octanol–water partition coefficient (Wildman–Crippen LogP) is 3.89. The van der Waals surface area contributed by atoms with Gasteiger partial charge in [0.1, 0.15) is 5.69 Å². The van der Waals surface area contributed by atoms with Gasteiger partial charge in [-0.1, -0.05) is 36.4 Å². The molecule has 0 amide bonds. The van der Waals surface area contributed by atoms with Crippen LogP contribution in [-0.4, -0.2) is 21.7 Å². The maximum atomic E-state index is 12.7. The van der Waals surface area contributed by atoms with Crippen molar-refractivity contribution in [1.82, 2.24) is 9.13 Å². The third-order valence-corrected chi connectivity index (χ3v) is 4.93. The Bertz CT molecular complexity index is 1330. The van der Waals surface area contributed by atoms with Gasteiger partial charge in [-0.15, -0.1) is 0 Å². The summed E-state index contributed by atoms with van der Waals surface area (Å²) in [5, 5.41) is 9.46. The molecule has 6 heteroatoms. The van der Waals surface area contributed by atoms with Crippen LogP contribution in [-0.2, 0) is 11.3 Å². The number of pyridine rings is 1. The minimum absolute atomic E-state index is 0.196. The number of carbonyl (C=O) groups excluding carboxylic acids is 1. The molecule has 6 nitrogen and oxygen atoms in total. The van der Waals surface area contributed by atoms with E-state index in [1.807, 2.05) is 42.5 Å². The summed E-state index contributed by atoms with van der Waals surface area (Å²) in [5.41, 5.74) is 3.46. The van der Waals surface area contributed by atoms with E-state index in [-0.39, 0.29) is 12.2 Å². The predicted molar refractivity (Wildman–Crippen MR) is 114 cm³/mol. The first-order valence-electron chi connectivity index (χ1n) is 9.60. The average molecular weight is 397 g/mol. The second kappa shape index (κ2) is 8.10. The molecule has 0 spiro atoms. The molecule has 2 aromatic carbocycles. The van der Waals surface area contributed by atoms with Crippen molar-refractivity contribution in [3.8, 4) is 11.8 Å². The summed E-state index contributed by atoms with van der Waals surface area (Å²) >= 11 is 0. The maximum Gasteiger partial charge on any atom is 0.355 e. The van der Waals surface area contributed by atoms with Gasteiger partial charge in [0.2, 0.25) is 0 Å². The van der Waals surface area contributed by atoms with Gasteiger partial charge < -0.3 is 9.30 Å². The van der Waals surface area contributed by atoms with Crippen LogP contribution in [0.2, 0.25) is 0 Å². The Morgan fingerprint density at radius 3 is 2.47 bits per heavy atom. The van der Waals surface area contributed by atoms with Crippen LogP contribution in [0.3, 0.4) is 0 Å². The van der Waals surface area contributed by atoms with Crippen molar-refractivity contribution >= 4 is 17.0 Å². The molecule has 2 heterocycles. The number of carbonyl (C=O) groups is 1. The molecule has 0 aliphatic rings. The third kappa shape index (κ3) is 3.38. The smallest absolute Gasteiger partial charge is 0.355 e. The van der Waals surface area contributed by atoms with Gasteiger partial charge in [0.05, 0.1) is 29.3 Å². The third-order valence-electron chi connectivity index (χ3n) is 4.93. The van der Waals surface area contributed by atoms with Crippen molar-refractivity contribution in [3.63, 3.8) is 0 Å². The highest BCUT2D eigenvalue weighted by Gasteiger charge is 2.20. The Balaban J connectivity index is 1.98. The summed E-state index contributed by atoms with van der Waals surface area (Å²) < 4.78 is 8.62. The van der Waals surface area contributed by atoms with Crippen molar-refractivity contribution in [2.24, 2.45) is 0 Å². The number of aromatic nitrogens is 2. The molecule has 0 bridgehead atoms. The number of para-hydroxylation sites is 1. The molecule has 0 N–H and O–H groups in total. The summed E-state index contributed by atoms with van der Waals surface area (Å²) in [7, 11) is 0. The van der Waals surface area contributed by atoms with Gasteiger partial charge in [0.15, 0.2) is 0 Å². The first-order chi connectivity index (χ1) is 14.6. The number of ether oxygens (including phenoxy) is 1. The summed E-state index contributed by atoms with van der Waals surface area (Å²) in [5.74, 6) is -0.477. The van der Waals surface area contributed by atoms with Crippen molar-refractivity contribution in [3.05, 3.63) is 100.0 Å². The van der Waals surface area contributed by atoms with E-state index >= 15 is 0 Å². The van der Waals surface area contributed by atoms with Crippen LogP contribution < -0.4 is 5.56 Å². The van der Waals surface area contributed by atoms with Crippen LogP contribution in [0.1, 0.15) is 28.5 Å². The largest absolute Gasteiger partial charge is 0.461 e. The van der Waals surface area contributed by atoms with Gasteiger partial charge in [-0.3, -0.25) is 9.36 Å². The minimum Gasteiger partial charge on any atom is -0.461 e. The lowest BCUT2D eigenvalue weighted by atomic mass is 10.1. The zero-order chi connectivity index (χ0) is 21.1. The van der Waals surface area contributed by atoms with Gasteiger partial charge in [0.25, 0.3) is 5.56 Å². The molecule has 0 saturated heterocycles. The van der Waals surface area contributed by atoms with Gasteiger partial charge >= 0.3 is 5.97 Å². The summed E-state index contributed by atoms with van der Waals surface area (Å²) in [4.78, 5) is 25.4. The Kier molecular flexibility index (Phi) is 5.19. The van der Waals surface area contributed by atoms with E-state index in [0.29, 0.717) is 34.5 Å². The van der Waals surface area contributed by atoms with E-state index in [1.165, 1.54) is 6.07 Å². The lowest BCUT2D eigenvalue weighted by Crippen LogP contribution is -2.17. The van der Waals surface area contributed by atoms with E-state index in [0.717, 1.165) is 5.56 Å². The van der Waals surface area contributed by atoms with E-state index in [4.69, 9.17) is 4.74 Å². The average Bonchev–Trinajstić information content (AvgIpc) is 3.13. The highest BCUT2D eigenvalue weighted by Crippen LogP contribution is 2.24.